The maximum atomic E-state index is 0. The second kappa shape index (κ2) is 135. The first-order valence-corrected chi connectivity index (χ1v) is 0. The summed E-state index contributed by atoms with van der Waals surface area (Å²) in [5, 5.41) is 0. The molecular weight excluding hydrogens is 254 g/mol. The zero-order chi connectivity index (χ0) is 0. The molecule has 0 aliphatic rings. The van der Waals surface area contributed by atoms with E-state index in [0.29, 0.717) is 0 Å². The molecule has 0 atom stereocenters. The number of hydrogen-bond acceptors (Lipinski definition) is 0. The minimum Gasteiger partial charge on any atom is -1.00 e. The van der Waals surface area contributed by atoms with E-state index >= 15 is 0 Å². The summed E-state index contributed by atoms with van der Waals surface area (Å²) in [6, 6.07) is 0. The second-order valence-corrected chi connectivity index (χ2v) is 0. The van der Waals surface area contributed by atoms with Crippen molar-refractivity contribution in [1.29, 1.82) is 0 Å². The number of halogens is 6. The van der Waals surface area contributed by atoms with Gasteiger partial charge in [-0.2, -0.15) is 0 Å². The Bertz CT molecular complexity index is 12.0. The van der Waals surface area contributed by atoms with Crippen LogP contribution in [-0.4, -0.2) is 0 Å². The van der Waals surface area contributed by atoms with Crippen molar-refractivity contribution in [1.82, 2.24) is 0 Å². The van der Waals surface area contributed by atoms with Crippen molar-refractivity contribution in [3.8, 4) is 0 Å². The molecule has 0 fully saturated rings. The van der Waals surface area contributed by atoms with Gasteiger partial charge < -0.3 is 74.4 Å². The molecule has 0 aromatic carbocycles. The van der Waals surface area contributed by atoms with Crippen molar-refractivity contribution >= 4 is 0 Å². The molecule has 0 amide bonds. The van der Waals surface area contributed by atoms with Crippen LogP contribution in [0.3, 0.4) is 0 Å². The first-order valence-electron chi connectivity index (χ1n) is 0. The fraction of sp³-hybridized carbons (Fsp3) is 0. The molecule has 0 aromatic rings. The van der Waals surface area contributed by atoms with Crippen molar-refractivity contribution < 1.29 is 188 Å². The standard InChI is InChI=1S/6ClH.6Li/h6*1H;;;;;;/q;;;;;;6*+1/p-6. The molecule has 12 heteroatoms. The van der Waals surface area contributed by atoms with Gasteiger partial charge in [0.05, 0.1) is 0 Å². The Labute approximate surface area is 184 Å². The quantitative estimate of drug-likeness (QED) is 0.377. The molecule has 0 radical (unpaired) electrons. The van der Waals surface area contributed by atoms with Crippen LogP contribution >= 0.6 is 0 Å². The zero-order valence-electron chi connectivity index (χ0n) is 8.27. The van der Waals surface area contributed by atoms with E-state index in [4.69, 9.17) is 0 Å². The zero-order valence-corrected chi connectivity index (χ0v) is 12.8. The average Bonchev–Trinajstić information content (AvgIpc) is 0. The molecule has 0 bridgehead atoms. The Balaban J connectivity index is 0. The molecule has 0 nitrogen and oxygen atoms in total. The van der Waals surface area contributed by atoms with Crippen molar-refractivity contribution in [2.45, 2.75) is 0 Å². The molecule has 0 saturated carbocycles. The van der Waals surface area contributed by atoms with Crippen LogP contribution < -0.4 is 188 Å². The topological polar surface area (TPSA) is 0 Å². The maximum Gasteiger partial charge on any atom is 1.00 e. The molecule has 0 heterocycles. The predicted octanol–water partition coefficient (Wildman–Crippen LogP) is -36.0. The smallest absolute Gasteiger partial charge is 1.00 e. The van der Waals surface area contributed by atoms with E-state index in [2.05, 4.69) is 0 Å². The molecule has 12 heavy (non-hydrogen) atoms. The van der Waals surface area contributed by atoms with E-state index in [1.807, 2.05) is 0 Å². The summed E-state index contributed by atoms with van der Waals surface area (Å²) in [7, 11) is 0. The Morgan fingerprint density at radius 2 is 0.167 bits per heavy atom. The maximum absolute atomic E-state index is 0. The molecule has 0 aromatic heterocycles. The molecule has 0 aliphatic carbocycles. The van der Waals surface area contributed by atoms with Crippen molar-refractivity contribution in [2.75, 3.05) is 0 Å². The van der Waals surface area contributed by atoms with Gasteiger partial charge in [-0.1, -0.05) is 0 Å². The van der Waals surface area contributed by atoms with Gasteiger partial charge in [0, 0.05) is 0 Å². The Morgan fingerprint density at radius 3 is 0.167 bits per heavy atom. The van der Waals surface area contributed by atoms with Crippen LogP contribution in [0.25, 0.3) is 0 Å². The van der Waals surface area contributed by atoms with Crippen LogP contribution in [0.5, 0.6) is 0 Å². The first kappa shape index (κ1) is 163. The van der Waals surface area contributed by atoms with Gasteiger partial charge in [-0.05, 0) is 0 Å². The average molecular weight is 254 g/mol. The summed E-state index contributed by atoms with van der Waals surface area (Å²) in [6.45, 7) is 0. The number of rotatable bonds is 0. The Morgan fingerprint density at radius 1 is 0.167 bits per heavy atom. The van der Waals surface area contributed by atoms with Crippen LogP contribution in [0.15, 0.2) is 0 Å². The van der Waals surface area contributed by atoms with E-state index in [1.54, 1.807) is 0 Å². The summed E-state index contributed by atoms with van der Waals surface area (Å²) in [5.74, 6) is 0. The van der Waals surface area contributed by atoms with Crippen LogP contribution in [0.4, 0.5) is 0 Å². The summed E-state index contributed by atoms with van der Waals surface area (Å²) >= 11 is 0. The van der Waals surface area contributed by atoms with Gasteiger partial charge in [0.2, 0.25) is 0 Å². The molecule has 0 N–H and O–H groups in total. The summed E-state index contributed by atoms with van der Waals surface area (Å²) in [6.07, 6.45) is 0. The van der Waals surface area contributed by atoms with E-state index < -0.39 is 0 Å². The summed E-state index contributed by atoms with van der Waals surface area (Å²) < 4.78 is 0. The minimum atomic E-state index is 0. The van der Waals surface area contributed by atoms with E-state index in [1.165, 1.54) is 0 Å². The van der Waals surface area contributed by atoms with Gasteiger partial charge in [0.15, 0.2) is 0 Å². The number of hydrogen-bond donors (Lipinski definition) is 0. The minimum absolute atomic E-state index is 0. The monoisotopic (exact) mass is 252 g/mol. The van der Waals surface area contributed by atoms with Gasteiger partial charge in [-0.3, -0.25) is 0 Å². The first-order chi connectivity index (χ1) is 0. The Hall–Kier alpha value is 5.32. The largest absolute Gasteiger partial charge is 1.00 e. The third-order valence-electron chi connectivity index (χ3n) is 0. The van der Waals surface area contributed by atoms with Gasteiger partial charge in [0.25, 0.3) is 0 Å². The molecule has 0 aliphatic heterocycles. The van der Waals surface area contributed by atoms with Gasteiger partial charge in [-0.25, -0.2) is 0 Å². The molecular formula is Cl6Li6. The SMILES string of the molecule is [Cl-].[Cl-].[Cl-].[Cl-].[Cl-].[Cl-].[Li+].[Li+].[Li+].[Li+].[Li+].[Li+]. The molecule has 0 rings (SSSR count). The van der Waals surface area contributed by atoms with Crippen molar-refractivity contribution in [3.05, 3.63) is 0 Å². The summed E-state index contributed by atoms with van der Waals surface area (Å²) in [4.78, 5) is 0. The Kier molecular flexibility index (Phi) is 1840. The fourth-order valence-corrected chi connectivity index (χ4v) is 0. The summed E-state index contributed by atoms with van der Waals surface area (Å²) in [5.41, 5.74) is 0. The molecule has 48 valence electrons. The molecule has 0 unspecified atom stereocenters. The van der Waals surface area contributed by atoms with Crippen molar-refractivity contribution in [3.63, 3.8) is 0 Å². The van der Waals surface area contributed by atoms with Gasteiger partial charge >= 0.3 is 113 Å². The molecule has 0 saturated heterocycles. The normalized spacial score (nSPS) is 0. The molecule has 0 spiro atoms. The van der Waals surface area contributed by atoms with E-state index in [9.17, 15) is 0 Å². The van der Waals surface area contributed by atoms with Gasteiger partial charge in [0.1, 0.15) is 0 Å². The third-order valence-corrected chi connectivity index (χ3v) is 0. The van der Waals surface area contributed by atoms with Crippen LogP contribution in [0, 0.1) is 0 Å². The third kappa shape index (κ3) is 111. The van der Waals surface area contributed by atoms with Crippen molar-refractivity contribution in [2.24, 2.45) is 0 Å². The van der Waals surface area contributed by atoms with Crippen LogP contribution in [-0.2, 0) is 0 Å². The second-order valence-electron chi connectivity index (χ2n) is 0. The fourth-order valence-electron chi connectivity index (χ4n) is 0. The van der Waals surface area contributed by atoms with Gasteiger partial charge in [-0.15, -0.1) is 0 Å². The van der Waals surface area contributed by atoms with Crippen LogP contribution in [0.2, 0.25) is 0 Å². The predicted molar refractivity (Wildman–Crippen MR) is 0 cm³/mol. The van der Waals surface area contributed by atoms with E-state index in [0.717, 1.165) is 0 Å². The van der Waals surface area contributed by atoms with Crippen LogP contribution in [0.1, 0.15) is 0 Å². The van der Waals surface area contributed by atoms with E-state index in [-0.39, 0.29) is 188 Å².